The van der Waals surface area contributed by atoms with Crippen LogP contribution in [0.3, 0.4) is 0 Å². The summed E-state index contributed by atoms with van der Waals surface area (Å²) >= 11 is 0. The number of benzene rings is 3. The highest BCUT2D eigenvalue weighted by Gasteiger charge is 2.22. The number of nitrogens with zero attached hydrogens (tertiary/aromatic N) is 1. The molecule has 148 valence electrons. The lowest BCUT2D eigenvalue weighted by molar-refractivity contribution is 0.174. The van der Waals surface area contributed by atoms with Gasteiger partial charge in [0.15, 0.2) is 11.5 Å². The number of rotatable bonds is 2. The quantitative estimate of drug-likeness (QED) is 0.570. The Labute approximate surface area is 172 Å². The van der Waals surface area contributed by atoms with Crippen molar-refractivity contribution in [2.24, 2.45) is 0 Å². The Morgan fingerprint density at radius 2 is 1.52 bits per heavy atom. The normalized spacial score (nSPS) is 17.3. The van der Waals surface area contributed by atoms with Crippen molar-refractivity contribution in [3.05, 3.63) is 83.4 Å². The van der Waals surface area contributed by atoms with Crippen molar-refractivity contribution in [3.63, 3.8) is 0 Å². The zero-order valence-electron chi connectivity index (χ0n) is 16.9. The molecular weight excluding hydrogens is 358 g/mol. The van der Waals surface area contributed by atoms with E-state index in [-0.39, 0.29) is 0 Å². The van der Waals surface area contributed by atoms with E-state index >= 15 is 0 Å². The fourth-order valence-electron chi connectivity index (χ4n) is 4.62. The summed E-state index contributed by atoms with van der Waals surface area (Å²) in [4.78, 5) is 2.63. The van der Waals surface area contributed by atoms with Crippen LogP contribution < -0.4 is 9.47 Å². The van der Waals surface area contributed by atoms with Crippen LogP contribution in [-0.2, 0) is 12.8 Å². The summed E-state index contributed by atoms with van der Waals surface area (Å²) in [7, 11) is 0. The number of hydrogen-bond acceptors (Lipinski definition) is 3. The monoisotopic (exact) mass is 385 g/mol. The fourth-order valence-corrected chi connectivity index (χ4v) is 4.62. The van der Waals surface area contributed by atoms with E-state index in [1.54, 1.807) is 0 Å². The zero-order valence-corrected chi connectivity index (χ0v) is 16.9. The lowest BCUT2D eigenvalue weighted by atomic mass is 9.90. The van der Waals surface area contributed by atoms with Gasteiger partial charge in [-0.25, -0.2) is 0 Å². The fraction of sp³-hybridized carbons (Fsp3) is 0.308. The van der Waals surface area contributed by atoms with Crippen molar-refractivity contribution in [2.45, 2.75) is 32.2 Å². The molecule has 0 amide bonds. The first-order valence-corrected chi connectivity index (χ1v) is 10.6. The predicted molar refractivity (Wildman–Crippen MR) is 116 cm³/mol. The summed E-state index contributed by atoms with van der Waals surface area (Å²) in [5.74, 6) is 1.75. The minimum atomic E-state index is 0.322. The third kappa shape index (κ3) is 3.63. The van der Waals surface area contributed by atoms with Crippen molar-refractivity contribution in [2.75, 3.05) is 19.9 Å². The lowest BCUT2D eigenvalue weighted by Gasteiger charge is -2.31. The summed E-state index contributed by atoms with van der Waals surface area (Å²) < 4.78 is 11.3. The van der Waals surface area contributed by atoms with Crippen molar-refractivity contribution in [3.8, 4) is 22.6 Å². The molecule has 3 heteroatoms. The molecule has 0 saturated heterocycles. The van der Waals surface area contributed by atoms with Crippen molar-refractivity contribution in [1.29, 1.82) is 0 Å². The van der Waals surface area contributed by atoms with Gasteiger partial charge in [0.25, 0.3) is 0 Å². The first-order valence-electron chi connectivity index (χ1n) is 10.6. The molecular formula is C26H27NO2. The molecule has 2 aliphatic rings. The highest BCUT2D eigenvalue weighted by Crippen LogP contribution is 2.40. The van der Waals surface area contributed by atoms with Gasteiger partial charge in [0, 0.05) is 12.6 Å². The van der Waals surface area contributed by atoms with Crippen LogP contribution in [-0.4, -0.2) is 24.8 Å². The molecule has 3 aromatic rings. The van der Waals surface area contributed by atoms with Gasteiger partial charge < -0.3 is 9.47 Å². The molecule has 2 aliphatic heterocycles. The minimum absolute atomic E-state index is 0.322. The van der Waals surface area contributed by atoms with E-state index in [0.717, 1.165) is 43.9 Å². The Hall–Kier alpha value is -2.78. The molecule has 0 aliphatic carbocycles. The summed E-state index contributed by atoms with van der Waals surface area (Å²) in [5, 5.41) is 0. The second-order valence-corrected chi connectivity index (χ2v) is 8.00. The van der Waals surface area contributed by atoms with Gasteiger partial charge >= 0.3 is 0 Å². The molecule has 0 N–H and O–H groups in total. The van der Waals surface area contributed by atoms with Crippen molar-refractivity contribution < 1.29 is 9.47 Å². The summed E-state index contributed by atoms with van der Waals surface area (Å²) in [5.41, 5.74) is 6.78. The van der Waals surface area contributed by atoms with Gasteiger partial charge in [0.2, 0.25) is 6.79 Å². The van der Waals surface area contributed by atoms with Crippen LogP contribution in [0.1, 0.15) is 36.1 Å². The standard InChI is InChI=1S/C26H27NO2/c1-19(20-8-3-2-4-9-20)27-14-7-11-22-16-25-26(29-18-28-25)17-24(22)23-12-6-5-10-21(23)13-15-27/h2-6,8-10,12,16-17,19H,7,11,13-15,18H2,1H3/t19-/m0/s1. The van der Waals surface area contributed by atoms with Crippen LogP contribution in [0.4, 0.5) is 0 Å². The van der Waals surface area contributed by atoms with E-state index < -0.39 is 0 Å². The average Bonchev–Trinajstić information content (AvgIpc) is 3.23. The number of aryl methyl sites for hydroxylation is 1. The molecule has 0 unspecified atom stereocenters. The first-order chi connectivity index (χ1) is 14.3. The molecule has 0 bridgehead atoms. The number of hydrogen-bond donors (Lipinski definition) is 0. The van der Waals surface area contributed by atoms with Gasteiger partial charge in [-0.15, -0.1) is 0 Å². The largest absolute Gasteiger partial charge is 0.454 e. The third-order valence-electron chi connectivity index (χ3n) is 6.30. The molecule has 0 fully saturated rings. The van der Waals surface area contributed by atoms with Gasteiger partial charge in [0.1, 0.15) is 0 Å². The SMILES string of the molecule is C[C@@H](c1ccccc1)N1CCCc2cc3c(cc2-c2ccccc2CC1)OCO3. The molecule has 1 atom stereocenters. The average molecular weight is 386 g/mol. The third-order valence-corrected chi connectivity index (χ3v) is 6.30. The predicted octanol–water partition coefficient (Wildman–Crippen LogP) is 5.63. The van der Waals surface area contributed by atoms with Gasteiger partial charge in [-0.1, -0.05) is 54.6 Å². The van der Waals surface area contributed by atoms with Crippen LogP contribution in [0.5, 0.6) is 11.5 Å². The maximum atomic E-state index is 5.67. The second kappa shape index (κ2) is 7.92. The van der Waals surface area contributed by atoms with E-state index in [1.165, 1.54) is 27.8 Å². The van der Waals surface area contributed by atoms with Gasteiger partial charge in [-0.3, -0.25) is 4.90 Å². The topological polar surface area (TPSA) is 21.7 Å². The molecule has 0 aromatic heterocycles. The number of fused-ring (bicyclic) bond motifs is 4. The van der Waals surface area contributed by atoms with Crippen LogP contribution in [0.15, 0.2) is 66.7 Å². The smallest absolute Gasteiger partial charge is 0.231 e. The minimum Gasteiger partial charge on any atom is -0.454 e. The maximum absolute atomic E-state index is 5.67. The zero-order chi connectivity index (χ0) is 19.6. The van der Waals surface area contributed by atoms with Crippen LogP contribution >= 0.6 is 0 Å². The molecule has 0 saturated carbocycles. The Bertz CT molecular complexity index is 999. The van der Waals surface area contributed by atoms with Crippen LogP contribution in [0, 0.1) is 0 Å². The van der Waals surface area contributed by atoms with Gasteiger partial charge in [0.05, 0.1) is 0 Å². The van der Waals surface area contributed by atoms with Crippen LogP contribution in [0.2, 0.25) is 0 Å². The molecule has 5 rings (SSSR count). The Balaban J connectivity index is 1.50. The Morgan fingerprint density at radius 3 is 2.38 bits per heavy atom. The van der Waals surface area contributed by atoms with Crippen molar-refractivity contribution in [1.82, 2.24) is 4.90 Å². The Kier molecular flexibility index (Phi) is 4.99. The summed E-state index contributed by atoms with van der Waals surface area (Å²) in [6.07, 6.45) is 3.21. The molecule has 0 radical (unpaired) electrons. The summed E-state index contributed by atoms with van der Waals surface area (Å²) in [6.45, 7) is 4.81. The highest BCUT2D eigenvalue weighted by molar-refractivity contribution is 5.74. The van der Waals surface area contributed by atoms with Gasteiger partial charge in [-0.2, -0.15) is 0 Å². The van der Waals surface area contributed by atoms with E-state index in [0.29, 0.717) is 12.8 Å². The molecule has 0 spiro atoms. The maximum Gasteiger partial charge on any atom is 0.231 e. The first kappa shape index (κ1) is 18.3. The van der Waals surface area contributed by atoms with E-state index in [1.807, 2.05) is 0 Å². The highest BCUT2D eigenvalue weighted by atomic mass is 16.7. The van der Waals surface area contributed by atoms with Crippen molar-refractivity contribution >= 4 is 0 Å². The summed E-state index contributed by atoms with van der Waals surface area (Å²) in [6, 6.07) is 24.5. The Morgan fingerprint density at radius 1 is 0.759 bits per heavy atom. The second-order valence-electron chi connectivity index (χ2n) is 8.00. The van der Waals surface area contributed by atoms with Crippen LogP contribution in [0.25, 0.3) is 11.1 Å². The molecule has 3 nitrogen and oxygen atoms in total. The number of ether oxygens (including phenoxy) is 2. The van der Waals surface area contributed by atoms with E-state index in [2.05, 4.69) is 78.6 Å². The molecule has 3 aromatic carbocycles. The van der Waals surface area contributed by atoms with E-state index in [4.69, 9.17) is 9.47 Å². The van der Waals surface area contributed by atoms with Gasteiger partial charge in [-0.05, 0) is 72.7 Å². The molecule has 2 heterocycles. The lowest BCUT2D eigenvalue weighted by Crippen LogP contribution is -2.31. The molecule has 29 heavy (non-hydrogen) atoms. The van der Waals surface area contributed by atoms with E-state index in [9.17, 15) is 0 Å².